The molecule has 6 heteroatoms. The number of hydrogen-bond donors (Lipinski definition) is 1. The van der Waals surface area contributed by atoms with E-state index in [9.17, 15) is 4.79 Å². The molecule has 0 atom stereocenters. The minimum Gasteiger partial charge on any atom is -0.461 e. The first-order valence-corrected chi connectivity index (χ1v) is 6.18. The van der Waals surface area contributed by atoms with Crippen molar-refractivity contribution >= 4 is 17.3 Å². The Kier molecular flexibility index (Phi) is 3.53. The molecule has 0 bridgehead atoms. The van der Waals surface area contributed by atoms with E-state index in [4.69, 9.17) is 4.74 Å². The lowest BCUT2D eigenvalue weighted by molar-refractivity contribution is 0.0503. The lowest BCUT2D eigenvalue weighted by atomic mass is 10.1. The van der Waals surface area contributed by atoms with E-state index >= 15 is 0 Å². The highest BCUT2D eigenvalue weighted by atomic mass is 32.1. The van der Waals surface area contributed by atoms with Crippen LogP contribution in [0.5, 0.6) is 0 Å². The van der Waals surface area contributed by atoms with Gasteiger partial charge in [-0.05, 0) is 19.4 Å². The summed E-state index contributed by atoms with van der Waals surface area (Å²) in [6.07, 6.45) is 0.671. The van der Waals surface area contributed by atoms with E-state index in [1.165, 1.54) is 11.3 Å². The van der Waals surface area contributed by atoms with Crippen molar-refractivity contribution in [2.75, 3.05) is 6.61 Å². The number of esters is 1. The predicted molar refractivity (Wildman–Crippen MR) is 64.2 cm³/mol. The van der Waals surface area contributed by atoms with Gasteiger partial charge < -0.3 is 4.74 Å². The summed E-state index contributed by atoms with van der Waals surface area (Å²) in [7, 11) is 0. The van der Waals surface area contributed by atoms with Gasteiger partial charge in [-0.3, -0.25) is 5.10 Å². The molecule has 0 aliphatic heterocycles. The minimum atomic E-state index is -0.370. The molecule has 0 aliphatic rings. The van der Waals surface area contributed by atoms with E-state index < -0.39 is 0 Å². The van der Waals surface area contributed by atoms with Gasteiger partial charge in [0, 0.05) is 17.5 Å². The van der Waals surface area contributed by atoms with Crippen LogP contribution in [0.25, 0.3) is 0 Å². The van der Waals surface area contributed by atoms with Crippen molar-refractivity contribution < 1.29 is 9.53 Å². The quantitative estimate of drug-likeness (QED) is 0.842. The first-order valence-electron chi connectivity index (χ1n) is 5.24. The molecule has 2 aromatic rings. The molecule has 2 heterocycles. The van der Waals surface area contributed by atoms with E-state index in [1.54, 1.807) is 10.9 Å². The maximum absolute atomic E-state index is 11.5. The van der Waals surface area contributed by atoms with Crippen LogP contribution in [0.1, 0.15) is 27.4 Å². The van der Waals surface area contributed by atoms with Crippen molar-refractivity contribution in [1.29, 1.82) is 0 Å². The Bertz CT molecular complexity index is 485. The third kappa shape index (κ3) is 2.71. The average molecular weight is 251 g/mol. The molecule has 2 aromatic heterocycles. The van der Waals surface area contributed by atoms with Gasteiger partial charge in [-0.15, -0.1) is 11.3 Å². The van der Waals surface area contributed by atoms with E-state index in [0.29, 0.717) is 18.7 Å². The van der Waals surface area contributed by atoms with Gasteiger partial charge in [-0.1, -0.05) is 0 Å². The van der Waals surface area contributed by atoms with E-state index in [1.807, 2.05) is 13.8 Å². The van der Waals surface area contributed by atoms with E-state index in [0.717, 1.165) is 17.0 Å². The fourth-order valence-corrected chi connectivity index (χ4v) is 2.10. The van der Waals surface area contributed by atoms with Crippen LogP contribution in [0.3, 0.4) is 0 Å². The summed E-state index contributed by atoms with van der Waals surface area (Å²) < 4.78 is 5.13. The minimum absolute atomic E-state index is 0.345. The van der Waals surface area contributed by atoms with Gasteiger partial charge in [-0.2, -0.15) is 5.10 Å². The molecule has 0 fully saturated rings. The van der Waals surface area contributed by atoms with Gasteiger partial charge in [0.15, 0.2) is 5.69 Å². The number of thiazole rings is 1. The smallest absolute Gasteiger partial charge is 0.357 e. The Balaban J connectivity index is 1.86. The van der Waals surface area contributed by atoms with Gasteiger partial charge in [0.2, 0.25) is 0 Å². The third-order valence-electron chi connectivity index (χ3n) is 2.51. The molecule has 17 heavy (non-hydrogen) atoms. The van der Waals surface area contributed by atoms with Crippen molar-refractivity contribution in [2.45, 2.75) is 20.3 Å². The number of hydrogen-bond acceptors (Lipinski definition) is 5. The maximum Gasteiger partial charge on any atom is 0.357 e. The molecule has 5 nitrogen and oxygen atoms in total. The molecule has 0 radical (unpaired) electrons. The summed E-state index contributed by atoms with van der Waals surface area (Å²) in [5.74, 6) is -0.370. The summed E-state index contributed by atoms with van der Waals surface area (Å²) >= 11 is 1.38. The number of carbonyl (C=O) groups is 1. The molecule has 90 valence electrons. The molecule has 0 unspecified atom stereocenters. The molecule has 0 saturated carbocycles. The van der Waals surface area contributed by atoms with Gasteiger partial charge in [0.25, 0.3) is 0 Å². The zero-order valence-corrected chi connectivity index (χ0v) is 10.5. The fourth-order valence-electron chi connectivity index (χ4n) is 1.58. The second kappa shape index (κ2) is 5.09. The van der Waals surface area contributed by atoms with Crippen LogP contribution in [-0.2, 0) is 11.2 Å². The van der Waals surface area contributed by atoms with E-state index in [-0.39, 0.29) is 5.97 Å². The Morgan fingerprint density at radius 3 is 2.94 bits per heavy atom. The highest BCUT2D eigenvalue weighted by Gasteiger charge is 2.10. The highest BCUT2D eigenvalue weighted by Crippen LogP contribution is 2.10. The van der Waals surface area contributed by atoms with Crippen molar-refractivity contribution in [1.82, 2.24) is 15.2 Å². The SMILES string of the molecule is Cc1n[nH]c(C)c1CCOC(=O)c1cscn1. The number of aromatic nitrogens is 3. The van der Waals surface area contributed by atoms with Crippen LogP contribution < -0.4 is 0 Å². The second-order valence-electron chi connectivity index (χ2n) is 3.67. The monoisotopic (exact) mass is 251 g/mol. The van der Waals surface area contributed by atoms with Crippen LogP contribution in [0.4, 0.5) is 0 Å². The Morgan fingerprint density at radius 1 is 1.53 bits per heavy atom. The van der Waals surface area contributed by atoms with Crippen LogP contribution in [0.2, 0.25) is 0 Å². The van der Waals surface area contributed by atoms with Gasteiger partial charge in [-0.25, -0.2) is 9.78 Å². The zero-order valence-electron chi connectivity index (χ0n) is 9.69. The third-order valence-corrected chi connectivity index (χ3v) is 3.09. The maximum atomic E-state index is 11.5. The molecule has 0 saturated heterocycles. The summed E-state index contributed by atoms with van der Waals surface area (Å²) in [6, 6.07) is 0. The number of ether oxygens (including phenoxy) is 1. The van der Waals surface area contributed by atoms with Crippen molar-refractivity contribution in [3.63, 3.8) is 0 Å². The first-order chi connectivity index (χ1) is 8.18. The molecule has 0 aliphatic carbocycles. The lowest BCUT2D eigenvalue weighted by Gasteiger charge is -2.03. The van der Waals surface area contributed by atoms with Gasteiger partial charge in [0.1, 0.15) is 0 Å². The Labute approximate surface area is 103 Å². The zero-order chi connectivity index (χ0) is 12.3. The van der Waals surface area contributed by atoms with Gasteiger partial charge in [0.05, 0.1) is 17.8 Å². The summed E-state index contributed by atoms with van der Waals surface area (Å²) in [5.41, 5.74) is 5.06. The standard InChI is InChI=1S/C11H13N3O2S/c1-7-9(8(2)14-13-7)3-4-16-11(15)10-5-17-6-12-10/h5-6H,3-4H2,1-2H3,(H,13,14). The first kappa shape index (κ1) is 11.8. The van der Waals surface area contributed by atoms with Crippen molar-refractivity contribution in [2.24, 2.45) is 0 Å². The number of aromatic amines is 1. The van der Waals surface area contributed by atoms with Crippen molar-refractivity contribution in [3.05, 3.63) is 33.5 Å². The largest absolute Gasteiger partial charge is 0.461 e. The summed E-state index contributed by atoms with van der Waals surface area (Å²) in [6.45, 7) is 4.23. The molecule has 0 spiro atoms. The van der Waals surface area contributed by atoms with Crippen LogP contribution in [0.15, 0.2) is 10.9 Å². The van der Waals surface area contributed by atoms with Crippen LogP contribution in [-0.4, -0.2) is 27.8 Å². The number of nitrogens with one attached hydrogen (secondary N) is 1. The normalized spacial score (nSPS) is 10.5. The van der Waals surface area contributed by atoms with E-state index in [2.05, 4.69) is 15.2 Å². The molecule has 1 N–H and O–H groups in total. The predicted octanol–water partition coefficient (Wildman–Crippen LogP) is 1.88. The highest BCUT2D eigenvalue weighted by molar-refractivity contribution is 7.07. The average Bonchev–Trinajstić information content (AvgIpc) is 2.93. The van der Waals surface area contributed by atoms with Crippen LogP contribution in [0, 0.1) is 13.8 Å². The number of nitrogens with zero attached hydrogens (tertiary/aromatic N) is 2. The number of carbonyl (C=O) groups excluding carboxylic acids is 1. The molecule has 0 aromatic carbocycles. The Morgan fingerprint density at radius 2 is 2.35 bits per heavy atom. The molecule has 0 amide bonds. The fraction of sp³-hybridized carbons (Fsp3) is 0.364. The van der Waals surface area contributed by atoms with Gasteiger partial charge >= 0.3 is 5.97 Å². The molecular formula is C11H13N3O2S. The summed E-state index contributed by atoms with van der Waals surface area (Å²) in [4.78, 5) is 15.4. The Hall–Kier alpha value is -1.69. The molecular weight excluding hydrogens is 238 g/mol. The summed E-state index contributed by atoms with van der Waals surface area (Å²) in [5, 5.41) is 8.67. The number of aryl methyl sites for hydroxylation is 2. The number of H-pyrrole nitrogens is 1. The van der Waals surface area contributed by atoms with Crippen molar-refractivity contribution in [3.8, 4) is 0 Å². The lowest BCUT2D eigenvalue weighted by Crippen LogP contribution is -2.09. The second-order valence-corrected chi connectivity index (χ2v) is 4.39. The number of rotatable bonds is 4. The molecule has 2 rings (SSSR count). The topological polar surface area (TPSA) is 67.9 Å². The van der Waals surface area contributed by atoms with Crippen LogP contribution >= 0.6 is 11.3 Å².